The van der Waals surface area contributed by atoms with Gasteiger partial charge in [0.05, 0.1) is 25.4 Å². The zero-order valence-corrected chi connectivity index (χ0v) is 13.2. The fourth-order valence-corrected chi connectivity index (χ4v) is 4.78. The minimum absolute atomic E-state index is 0.282. The molecule has 3 rings (SSSR count). The lowest BCUT2D eigenvalue weighted by molar-refractivity contribution is 0.279. The summed E-state index contributed by atoms with van der Waals surface area (Å²) >= 11 is 0. The molecule has 1 unspecified atom stereocenters. The van der Waals surface area contributed by atoms with Crippen LogP contribution in [-0.4, -0.2) is 19.8 Å². The fourth-order valence-electron chi connectivity index (χ4n) is 2.36. The van der Waals surface area contributed by atoms with Gasteiger partial charge in [-0.2, -0.15) is 4.74 Å². The highest BCUT2D eigenvalue weighted by Crippen LogP contribution is 2.61. The predicted molar refractivity (Wildman–Crippen MR) is 86.8 cm³/mol. The first-order chi connectivity index (χ1) is 10.7. The van der Waals surface area contributed by atoms with Crippen LogP contribution in [0.4, 0.5) is 15.8 Å². The van der Waals surface area contributed by atoms with E-state index >= 15 is 0 Å². The number of hydrogen-bond donors (Lipinski definition) is 0. The van der Waals surface area contributed by atoms with Crippen molar-refractivity contribution in [1.82, 2.24) is 0 Å². The Kier molecular flexibility index (Phi) is 4.57. The van der Waals surface area contributed by atoms with Crippen LogP contribution in [-0.2, 0) is 9.05 Å². The molecule has 1 saturated heterocycles. The van der Waals surface area contributed by atoms with Crippen LogP contribution in [0.2, 0.25) is 0 Å². The Morgan fingerprint density at radius 1 is 1.18 bits per heavy atom. The summed E-state index contributed by atoms with van der Waals surface area (Å²) in [4.78, 5) is 0. The van der Waals surface area contributed by atoms with Crippen molar-refractivity contribution in [2.45, 2.75) is 6.92 Å². The smallest absolute Gasteiger partial charge is 0.308 e. The van der Waals surface area contributed by atoms with E-state index in [4.69, 9.17) is 13.8 Å². The Labute approximate surface area is 129 Å². The molecule has 0 bridgehead atoms. The first kappa shape index (κ1) is 15.2. The van der Waals surface area contributed by atoms with Crippen molar-refractivity contribution in [2.24, 2.45) is 4.74 Å². The number of benzene rings is 2. The second kappa shape index (κ2) is 6.61. The van der Waals surface area contributed by atoms with Gasteiger partial charge in [0, 0.05) is 5.69 Å². The average Bonchev–Trinajstić information content (AvgIpc) is 2.94. The Morgan fingerprint density at radius 2 is 1.91 bits per heavy atom. The quantitative estimate of drug-likeness (QED) is 0.745. The number of para-hydroxylation sites is 1. The van der Waals surface area contributed by atoms with E-state index in [1.165, 1.54) is 12.1 Å². The van der Waals surface area contributed by atoms with Gasteiger partial charge in [0.15, 0.2) is 0 Å². The Bertz CT molecular complexity index is 676. The second-order valence-electron chi connectivity index (χ2n) is 4.78. The monoisotopic (exact) mass is 320 g/mol. The summed E-state index contributed by atoms with van der Waals surface area (Å²) in [6.45, 7) is 3.71. The first-order valence-corrected chi connectivity index (χ1v) is 8.76. The van der Waals surface area contributed by atoms with E-state index in [0.717, 1.165) is 12.2 Å². The van der Waals surface area contributed by atoms with E-state index in [9.17, 15) is 4.39 Å². The minimum atomic E-state index is -2.58. The second-order valence-corrected chi connectivity index (χ2v) is 6.96. The molecular formula is C16H18FN2O2P. The SMILES string of the molecule is CCOP1(=Nc2ccc(F)cc2)OCCN1c1ccccc1. The molecule has 2 aromatic carbocycles. The molecule has 0 aliphatic carbocycles. The molecule has 1 aliphatic heterocycles. The summed E-state index contributed by atoms with van der Waals surface area (Å²) in [5, 5.41) is 0. The van der Waals surface area contributed by atoms with E-state index in [1.807, 2.05) is 37.3 Å². The van der Waals surface area contributed by atoms with Gasteiger partial charge in [-0.1, -0.05) is 18.2 Å². The molecule has 1 heterocycles. The standard InChI is InChI=1S/C16H18FN2O2P/c1-2-20-22(18-15-10-8-14(17)9-11-15)19(12-13-21-22)16-6-4-3-5-7-16/h3-11H,2,12-13H2,1H3. The van der Waals surface area contributed by atoms with Crippen molar-refractivity contribution in [1.29, 1.82) is 0 Å². The zero-order chi connectivity index (χ0) is 15.4. The number of rotatable bonds is 4. The van der Waals surface area contributed by atoms with Crippen LogP contribution in [0.1, 0.15) is 6.92 Å². The van der Waals surface area contributed by atoms with Crippen LogP contribution in [0.25, 0.3) is 0 Å². The number of anilines is 1. The van der Waals surface area contributed by atoms with Gasteiger partial charge in [0.1, 0.15) is 5.82 Å². The van der Waals surface area contributed by atoms with Crippen LogP contribution in [0.3, 0.4) is 0 Å². The minimum Gasteiger partial charge on any atom is -0.308 e. The van der Waals surface area contributed by atoms with Crippen LogP contribution in [0.5, 0.6) is 0 Å². The molecule has 6 heteroatoms. The summed E-state index contributed by atoms with van der Waals surface area (Å²) in [5.74, 6) is -0.282. The normalized spacial score (nSPS) is 21.1. The van der Waals surface area contributed by atoms with Gasteiger partial charge >= 0.3 is 7.66 Å². The van der Waals surface area contributed by atoms with E-state index in [-0.39, 0.29) is 5.82 Å². The molecule has 2 aromatic rings. The van der Waals surface area contributed by atoms with Crippen molar-refractivity contribution in [3.8, 4) is 0 Å². The van der Waals surface area contributed by atoms with Crippen molar-refractivity contribution >= 4 is 19.0 Å². The van der Waals surface area contributed by atoms with Crippen molar-refractivity contribution in [3.63, 3.8) is 0 Å². The molecule has 0 amide bonds. The first-order valence-electron chi connectivity index (χ1n) is 7.23. The maximum atomic E-state index is 13.1. The molecule has 0 radical (unpaired) electrons. The topological polar surface area (TPSA) is 34.1 Å². The van der Waals surface area contributed by atoms with Gasteiger partial charge in [-0.3, -0.25) is 4.67 Å². The highest BCUT2D eigenvalue weighted by molar-refractivity contribution is 7.58. The van der Waals surface area contributed by atoms with Gasteiger partial charge in [-0.25, -0.2) is 4.39 Å². The maximum Gasteiger partial charge on any atom is 0.322 e. The van der Waals surface area contributed by atoms with E-state index < -0.39 is 7.66 Å². The molecule has 1 atom stereocenters. The molecule has 116 valence electrons. The largest absolute Gasteiger partial charge is 0.322 e. The lowest BCUT2D eigenvalue weighted by Gasteiger charge is -2.28. The zero-order valence-electron chi connectivity index (χ0n) is 12.4. The van der Waals surface area contributed by atoms with Gasteiger partial charge < -0.3 is 9.05 Å². The third kappa shape index (κ3) is 3.07. The van der Waals surface area contributed by atoms with E-state index in [0.29, 0.717) is 18.9 Å². The van der Waals surface area contributed by atoms with E-state index in [1.54, 1.807) is 12.1 Å². The Hall–Kier alpha value is -1.68. The summed E-state index contributed by atoms with van der Waals surface area (Å²) in [5.41, 5.74) is 1.68. The molecule has 22 heavy (non-hydrogen) atoms. The molecule has 0 N–H and O–H groups in total. The number of hydrogen-bond acceptors (Lipinski definition) is 3. The lowest BCUT2D eigenvalue weighted by atomic mass is 10.3. The third-order valence-electron chi connectivity index (χ3n) is 3.29. The lowest BCUT2D eigenvalue weighted by Crippen LogP contribution is -2.16. The highest BCUT2D eigenvalue weighted by Gasteiger charge is 2.36. The van der Waals surface area contributed by atoms with Gasteiger partial charge in [-0.15, -0.1) is 0 Å². The molecular weight excluding hydrogens is 302 g/mol. The van der Waals surface area contributed by atoms with Crippen LogP contribution >= 0.6 is 7.66 Å². The van der Waals surface area contributed by atoms with Crippen molar-refractivity contribution in [3.05, 3.63) is 60.4 Å². The Morgan fingerprint density at radius 3 is 2.59 bits per heavy atom. The van der Waals surface area contributed by atoms with Gasteiger partial charge in [-0.05, 0) is 43.3 Å². The number of halogens is 1. The van der Waals surface area contributed by atoms with Crippen molar-refractivity contribution in [2.75, 3.05) is 24.4 Å². The number of nitrogens with zero attached hydrogens (tertiary/aromatic N) is 2. The summed E-state index contributed by atoms with van der Waals surface area (Å²) in [6, 6.07) is 16.0. The average molecular weight is 320 g/mol. The van der Waals surface area contributed by atoms with Gasteiger partial charge in [0.2, 0.25) is 0 Å². The highest BCUT2D eigenvalue weighted by atomic mass is 31.2. The molecule has 1 fully saturated rings. The summed E-state index contributed by atoms with van der Waals surface area (Å²) in [7, 11) is -2.58. The molecule has 0 aromatic heterocycles. The van der Waals surface area contributed by atoms with Gasteiger partial charge in [0.25, 0.3) is 0 Å². The third-order valence-corrected chi connectivity index (χ3v) is 5.93. The summed E-state index contributed by atoms with van der Waals surface area (Å²) in [6.07, 6.45) is 0. The predicted octanol–water partition coefficient (Wildman–Crippen LogP) is 4.98. The fraction of sp³-hybridized carbons (Fsp3) is 0.250. The van der Waals surface area contributed by atoms with Crippen LogP contribution in [0.15, 0.2) is 59.3 Å². The summed E-state index contributed by atoms with van der Waals surface area (Å²) < 4.78 is 31.7. The molecule has 0 spiro atoms. The molecule has 4 nitrogen and oxygen atoms in total. The molecule has 0 saturated carbocycles. The van der Waals surface area contributed by atoms with Crippen LogP contribution in [0, 0.1) is 5.82 Å². The van der Waals surface area contributed by atoms with Crippen molar-refractivity contribution < 1.29 is 13.4 Å². The molecule has 1 aliphatic rings. The Balaban J connectivity index is 2.05. The van der Waals surface area contributed by atoms with E-state index in [2.05, 4.69) is 4.67 Å². The van der Waals surface area contributed by atoms with Crippen LogP contribution < -0.4 is 4.67 Å². The maximum absolute atomic E-state index is 13.1.